The minimum atomic E-state index is 0.0335. The van der Waals surface area contributed by atoms with E-state index in [1.165, 1.54) is 12.8 Å². The number of amides is 1. The van der Waals surface area contributed by atoms with Crippen molar-refractivity contribution in [2.45, 2.75) is 65.2 Å². The van der Waals surface area contributed by atoms with Crippen LogP contribution in [0.4, 0.5) is 0 Å². The molecule has 1 heterocycles. The zero-order chi connectivity index (χ0) is 11.9. The monoisotopic (exact) mass is 224 g/mol. The van der Waals surface area contributed by atoms with E-state index in [0.29, 0.717) is 17.9 Å². The molecule has 1 aliphatic carbocycles. The molecule has 92 valence electrons. The molecule has 0 aromatic heterocycles. The van der Waals surface area contributed by atoms with Crippen LogP contribution >= 0.6 is 0 Å². The normalized spacial score (nSPS) is 32.6. The Hall–Kier alpha value is -0.570. The van der Waals surface area contributed by atoms with E-state index in [-0.39, 0.29) is 12.2 Å². The molecule has 0 aromatic rings. The molecule has 3 heteroatoms. The van der Waals surface area contributed by atoms with Crippen molar-refractivity contribution in [3.05, 3.63) is 0 Å². The molecule has 2 rings (SSSR count). The summed E-state index contributed by atoms with van der Waals surface area (Å²) < 4.78 is 0. The number of hydrogen-bond acceptors (Lipinski definition) is 2. The molecular weight excluding hydrogens is 200 g/mol. The lowest BCUT2D eigenvalue weighted by atomic mass is 10.0. The van der Waals surface area contributed by atoms with Crippen LogP contribution in [-0.2, 0) is 4.79 Å². The smallest absolute Gasteiger partial charge is 0.241 e. The Labute approximate surface area is 98.6 Å². The van der Waals surface area contributed by atoms with Crippen LogP contribution in [0.3, 0.4) is 0 Å². The van der Waals surface area contributed by atoms with Gasteiger partial charge in [0.05, 0.1) is 12.2 Å². The van der Waals surface area contributed by atoms with Gasteiger partial charge in [-0.1, -0.05) is 20.8 Å². The van der Waals surface area contributed by atoms with Gasteiger partial charge in [0.1, 0.15) is 0 Å². The van der Waals surface area contributed by atoms with Crippen molar-refractivity contribution in [1.82, 2.24) is 10.2 Å². The average Bonchev–Trinajstić information content (AvgIpc) is 3.01. The zero-order valence-electron chi connectivity index (χ0n) is 10.9. The van der Waals surface area contributed by atoms with Crippen molar-refractivity contribution in [2.24, 2.45) is 11.8 Å². The standard InChI is InChI=1S/C13H24N2O/c1-5-11-14-12(8(2)3)13(16)15(11)9(4)10-6-7-10/h8-12,14H,5-7H2,1-4H3. The summed E-state index contributed by atoms with van der Waals surface area (Å²) in [4.78, 5) is 14.5. The fourth-order valence-electron chi connectivity index (χ4n) is 2.76. The van der Waals surface area contributed by atoms with E-state index >= 15 is 0 Å². The molecule has 1 saturated heterocycles. The second-order valence-corrected chi connectivity index (χ2v) is 5.64. The zero-order valence-corrected chi connectivity index (χ0v) is 10.9. The van der Waals surface area contributed by atoms with Crippen molar-refractivity contribution in [3.63, 3.8) is 0 Å². The number of carbonyl (C=O) groups excluding carboxylic acids is 1. The largest absolute Gasteiger partial charge is 0.323 e. The molecule has 16 heavy (non-hydrogen) atoms. The van der Waals surface area contributed by atoms with Crippen LogP contribution in [0.15, 0.2) is 0 Å². The summed E-state index contributed by atoms with van der Waals surface area (Å²) in [6.45, 7) is 8.60. The van der Waals surface area contributed by atoms with Crippen molar-refractivity contribution in [1.29, 1.82) is 0 Å². The molecular formula is C13H24N2O. The molecule has 1 amide bonds. The van der Waals surface area contributed by atoms with Crippen molar-refractivity contribution < 1.29 is 4.79 Å². The summed E-state index contributed by atoms with van der Waals surface area (Å²) in [6, 6.07) is 0.458. The van der Waals surface area contributed by atoms with Crippen molar-refractivity contribution >= 4 is 5.91 Å². The number of nitrogens with one attached hydrogen (secondary N) is 1. The molecule has 3 unspecified atom stereocenters. The molecule has 0 bridgehead atoms. The number of nitrogens with zero attached hydrogens (tertiary/aromatic N) is 1. The predicted molar refractivity (Wildman–Crippen MR) is 64.9 cm³/mol. The molecule has 0 spiro atoms. The molecule has 3 nitrogen and oxygen atoms in total. The lowest BCUT2D eigenvalue weighted by Gasteiger charge is -2.29. The Morgan fingerprint density at radius 3 is 2.44 bits per heavy atom. The third kappa shape index (κ3) is 1.97. The van der Waals surface area contributed by atoms with Crippen LogP contribution in [0.25, 0.3) is 0 Å². The van der Waals surface area contributed by atoms with Crippen molar-refractivity contribution in [2.75, 3.05) is 0 Å². The van der Waals surface area contributed by atoms with Gasteiger partial charge in [-0.15, -0.1) is 0 Å². The molecule has 0 radical (unpaired) electrons. The highest BCUT2D eigenvalue weighted by atomic mass is 16.2. The first-order valence-corrected chi connectivity index (χ1v) is 6.64. The molecule has 3 atom stereocenters. The third-order valence-corrected chi connectivity index (χ3v) is 4.02. The highest BCUT2D eigenvalue weighted by Gasteiger charge is 2.45. The van der Waals surface area contributed by atoms with Gasteiger partial charge in [-0.25, -0.2) is 0 Å². The van der Waals surface area contributed by atoms with Crippen LogP contribution in [0, 0.1) is 11.8 Å². The highest BCUT2D eigenvalue weighted by molar-refractivity contribution is 5.85. The maximum absolute atomic E-state index is 12.4. The van der Waals surface area contributed by atoms with E-state index in [0.717, 1.165) is 12.3 Å². The molecule has 1 aliphatic heterocycles. The summed E-state index contributed by atoms with van der Waals surface area (Å²) in [5, 5.41) is 3.48. The van der Waals surface area contributed by atoms with Gasteiger partial charge in [0.2, 0.25) is 5.91 Å². The van der Waals surface area contributed by atoms with Crippen molar-refractivity contribution in [3.8, 4) is 0 Å². The average molecular weight is 224 g/mol. The van der Waals surface area contributed by atoms with E-state index in [2.05, 4.69) is 37.9 Å². The fraction of sp³-hybridized carbons (Fsp3) is 0.923. The first-order chi connectivity index (χ1) is 7.56. The van der Waals surface area contributed by atoms with E-state index in [1.54, 1.807) is 0 Å². The summed E-state index contributed by atoms with van der Waals surface area (Å²) in [5.41, 5.74) is 0. The summed E-state index contributed by atoms with van der Waals surface area (Å²) >= 11 is 0. The first kappa shape index (κ1) is 11.9. The highest BCUT2D eigenvalue weighted by Crippen LogP contribution is 2.37. The van der Waals surface area contributed by atoms with E-state index < -0.39 is 0 Å². The molecule has 2 aliphatic rings. The Bertz CT molecular complexity index is 273. The summed E-state index contributed by atoms with van der Waals surface area (Å²) in [6.07, 6.45) is 3.86. The minimum absolute atomic E-state index is 0.0335. The number of hydrogen-bond donors (Lipinski definition) is 1. The van der Waals surface area contributed by atoms with Gasteiger partial charge < -0.3 is 4.90 Å². The lowest BCUT2D eigenvalue weighted by molar-refractivity contribution is -0.133. The number of carbonyl (C=O) groups is 1. The van der Waals surface area contributed by atoms with Gasteiger partial charge in [0, 0.05) is 6.04 Å². The van der Waals surface area contributed by atoms with E-state index in [9.17, 15) is 4.79 Å². The summed E-state index contributed by atoms with van der Waals surface area (Å²) in [7, 11) is 0. The maximum Gasteiger partial charge on any atom is 0.241 e. The summed E-state index contributed by atoms with van der Waals surface area (Å²) in [5.74, 6) is 1.46. The van der Waals surface area contributed by atoms with Gasteiger partial charge in [-0.05, 0) is 38.0 Å². The molecule has 2 fully saturated rings. The topological polar surface area (TPSA) is 32.3 Å². The Morgan fingerprint density at radius 1 is 1.38 bits per heavy atom. The van der Waals surface area contributed by atoms with Crippen LogP contribution in [0.1, 0.15) is 47.0 Å². The maximum atomic E-state index is 12.4. The molecule has 1 N–H and O–H groups in total. The Kier molecular flexibility index (Phi) is 3.24. The van der Waals surface area contributed by atoms with Gasteiger partial charge in [-0.3, -0.25) is 10.1 Å². The van der Waals surface area contributed by atoms with Crippen LogP contribution < -0.4 is 5.32 Å². The minimum Gasteiger partial charge on any atom is -0.323 e. The first-order valence-electron chi connectivity index (χ1n) is 6.64. The van der Waals surface area contributed by atoms with Gasteiger partial charge in [0.25, 0.3) is 0 Å². The van der Waals surface area contributed by atoms with Gasteiger partial charge in [-0.2, -0.15) is 0 Å². The van der Waals surface area contributed by atoms with Crippen LogP contribution in [0.2, 0.25) is 0 Å². The Balaban J connectivity index is 2.11. The predicted octanol–water partition coefficient (Wildman–Crippen LogP) is 1.98. The van der Waals surface area contributed by atoms with Gasteiger partial charge >= 0.3 is 0 Å². The molecule has 1 saturated carbocycles. The van der Waals surface area contributed by atoms with Gasteiger partial charge in [0.15, 0.2) is 0 Å². The number of rotatable bonds is 4. The molecule has 0 aromatic carbocycles. The van der Waals surface area contributed by atoms with Crippen LogP contribution in [0.5, 0.6) is 0 Å². The lowest BCUT2D eigenvalue weighted by Crippen LogP contribution is -2.44. The third-order valence-electron chi connectivity index (χ3n) is 4.02. The fourth-order valence-corrected chi connectivity index (χ4v) is 2.76. The van der Waals surface area contributed by atoms with Crippen LogP contribution in [-0.4, -0.2) is 29.1 Å². The van der Waals surface area contributed by atoms with E-state index in [1.807, 2.05) is 0 Å². The van der Waals surface area contributed by atoms with E-state index in [4.69, 9.17) is 0 Å². The second kappa shape index (κ2) is 4.36. The SMILES string of the molecule is CCC1NC(C(C)C)C(=O)N1C(C)C1CC1. The second-order valence-electron chi connectivity index (χ2n) is 5.64. The quantitative estimate of drug-likeness (QED) is 0.792. The Morgan fingerprint density at radius 2 is 2.00 bits per heavy atom.